The number of likely N-dealkylation sites (tertiary alicyclic amines) is 1. The highest BCUT2D eigenvalue weighted by molar-refractivity contribution is 5.95. The summed E-state index contributed by atoms with van der Waals surface area (Å²) in [5.41, 5.74) is -0.292. The molecule has 0 saturated carbocycles. The van der Waals surface area contributed by atoms with Gasteiger partial charge in [-0.1, -0.05) is 24.3 Å². The van der Waals surface area contributed by atoms with Gasteiger partial charge in [-0.3, -0.25) is 14.6 Å². The van der Waals surface area contributed by atoms with Crippen LogP contribution in [-0.2, 0) is 11.0 Å². The number of nitrogens with zero attached hydrogens (tertiary/aromatic N) is 4. The first-order valence-electron chi connectivity index (χ1n) is 11.0. The quantitative estimate of drug-likeness (QED) is 0.532. The molecule has 4 rings (SSSR count). The summed E-state index contributed by atoms with van der Waals surface area (Å²) < 4.78 is 41.4. The van der Waals surface area contributed by atoms with E-state index in [1.54, 1.807) is 41.4 Å². The zero-order chi connectivity index (χ0) is 24.1. The van der Waals surface area contributed by atoms with Crippen LogP contribution in [0.3, 0.4) is 0 Å². The number of hydrogen-bond donors (Lipinski definition) is 1. The summed E-state index contributed by atoms with van der Waals surface area (Å²) in [4.78, 5) is 30.9. The maximum atomic E-state index is 13.4. The van der Waals surface area contributed by atoms with Gasteiger partial charge in [0.05, 0.1) is 11.3 Å². The Morgan fingerprint density at radius 3 is 2.62 bits per heavy atom. The number of pyridine rings is 1. The van der Waals surface area contributed by atoms with Crippen molar-refractivity contribution in [2.75, 3.05) is 19.6 Å². The summed E-state index contributed by atoms with van der Waals surface area (Å²) >= 11 is 0. The molecule has 1 atom stereocenters. The Hall–Kier alpha value is -3.69. The molecule has 0 bridgehead atoms. The van der Waals surface area contributed by atoms with Crippen molar-refractivity contribution in [3.8, 4) is 5.69 Å². The first-order valence-corrected chi connectivity index (χ1v) is 11.0. The van der Waals surface area contributed by atoms with Gasteiger partial charge in [-0.15, -0.1) is 0 Å². The Labute approximate surface area is 194 Å². The molecule has 0 spiro atoms. The van der Waals surface area contributed by atoms with Gasteiger partial charge < -0.3 is 10.2 Å². The van der Waals surface area contributed by atoms with Gasteiger partial charge in [0, 0.05) is 50.6 Å². The molecule has 2 aromatic heterocycles. The molecule has 1 saturated heterocycles. The molecule has 7 nitrogen and oxygen atoms in total. The minimum atomic E-state index is -4.77. The van der Waals surface area contributed by atoms with E-state index in [1.807, 2.05) is 18.3 Å². The zero-order valence-electron chi connectivity index (χ0n) is 18.3. The third kappa shape index (κ3) is 5.44. The number of para-hydroxylation sites is 1. The molecule has 1 aliphatic heterocycles. The number of carbonyl (C=O) groups is 2. The molecule has 10 heteroatoms. The summed E-state index contributed by atoms with van der Waals surface area (Å²) in [6.45, 7) is 1.35. The third-order valence-corrected chi connectivity index (χ3v) is 5.80. The lowest BCUT2D eigenvalue weighted by Crippen LogP contribution is -2.30. The van der Waals surface area contributed by atoms with Crippen molar-refractivity contribution in [3.05, 3.63) is 77.9 Å². The largest absolute Gasteiger partial charge is 0.435 e. The standard InChI is InChI=1S/C24H24F3N5O2/c25-24(26,27)22-20(16-32(30-22)19-7-2-1-3-8-19)23(34)29-12-5-9-21(33)31-13-10-18(15-31)17-6-4-11-28-14-17/h1-4,6-8,11,14,16,18H,5,9-10,12-13,15H2,(H,29,34). The fourth-order valence-electron chi connectivity index (χ4n) is 4.03. The van der Waals surface area contributed by atoms with Crippen LogP contribution in [0, 0.1) is 0 Å². The van der Waals surface area contributed by atoms with Gasteiger partial charge in [0.15, 0.2) is 5.69 Å². The Kier molecular flexibility index (Phi) is 6.95. The fourth-order valence-corrected chi connectivity index (χ4v) is 4.03. The van der Waals surface area contributed by atoms with Crippen LogP contribution in [0.25, 0.3) is 5.69 Å². The number of amides is 2. The number of hydrogen-bond acceptors (Lipinski definition) is 4. The normalized spacial score (nSPS) is 16.0. The van der Waals surface area contributed by atoms with Crippen LogP contribution < -0.4 is 5.32 Å². The SMILES string of the molecule is O=C(NCCCC(=O)N1CCC(c2cccnc2)C1)c1cn(-c2ccccc2)nc1C(F)(F)F. The Morgan fingerprint density at radius 2 is 1.91 bits per heavy atom. The van der Waals surface area contributed by atoms with Crippen molar-refractivity contribution < 1.29 is 22.8 Å². The van der Waals surface area contributed by atoms with Gasteiger partial charge in [0.25, 0.3) is 5.91 Å². The number of rotatable bonds is 7. The molecule has 178 valence electrons. The van der Waals surface area contributed by atoms with E-state index in [0.717, 1.165) is 22.9 Å². The summed E-state index contributed by atoms with van der Waals surface area (Å²) in [6.07, 6.45) is 1.20. The molecule has 34 heavy (non-hydrogen) atoms. The molecule has 1 aliphatic rings. The van der Waals surface area contributed by atoms with Gasteiger partial charge in [-0.05, 0) is 36.6 Å². The van der Waals surface area contributed by atoms with E-state index in [-0.39, 0.29) is 24.8 Å². The summed E-state index contributed by atoms with van der Waals surface area (Å²) in [7, 11) is 0. The first-order chi connectivity index (χ1) is 16.3. The first kappa shape index (κ1) is 23.5. The molecule has 1 fully saturated rings. The number of aromatic nitrogens is 3. The molecule has 1 N–H and O–H groups in total. The van der Waals surface area contributed by atoms with Crippen molar-refractivity contribution in [2.24, 2.45) is 0 Å². The topological polar surface area (TPSA) is 80.1 Å². The van der Waals surface area contributed by atoms with E-state index in [1.165, 1.54) is 0 Å². The minimum absolute atomic E-state index is 0.0338. The highest BCUT2D eigenvalue weighted by Gasteiger charge is 2.39. The van der Waals surface area contributed by atoms with Gasteiger partial charge >= 0.3 is 6.18 Å². The van der Waals surface area contributed by atoms with Crippen LogP contribution in [-0.4, -0.2) is 51.1 Å². The Morgan fingerprint density at radius 1 is 1.12 bits per heavy atom. The van der Waals surface area contributed by atoms with Crippen LogP contribution >= 0.6 is 0 Å². The lowest BCUT2D eigenvalue weighted by atomic mass is 10.0. The van der Waals surface area contributed by atoms with Crippen LogP contribution in [0.1, 0.15) is 46.8 Å². The monoisotopic (exact) mass is 471 g/mol. The Bertz CT molecular complexity index is 1130. The van der Waals surface area contributed by atoms with E-state index in [9.17, 15) is 22.8 Å². The van der Waals surface area contributed by atoms with Crippen LogP contribution in [0.5, 0.6) is 0 Å². The zero-order valence-corrected chi connectivity index (χ0v) is 18.3. The molecule has 0 aliphatic carbocycles. The van der Waals surface area contributed by atoms with E-state index >= 15 is 0 Å². The molecular formula is C24H24F3N5O2. The highest BCUT2D eigenvalue weighted by atomic mass is 19.4. The fraction of sp³-hybridized carbons (Fsp3) is 0.333. The minimum Gasteiger partial charge on any atom is -0.352 e. The average Bonchev–Trinajstić information content (AvgIpc) is 3.51. The van der Waals surface area contributed by atoms with Crippen LogP contribution in [0.2, 0.25) is 0 Å². The van der Waals surface area contributed by atoms with Gasteiger partial charge in [-0.2, -0.15) is 18.3 Å². The number of halogens is 3. The average molecular weight is 471 g/mol. The highest BCUT2D eigenvalue weighted by Crippen LogP contribution is 2.31. The van der Waals surface area contributed by atoms with Crippen molar-refractivity contribution in [3.63, 3.8) is 0 Å². The summed E-state index contributed by atoms with van der Waals surface area (Å²) in [6, 6.07) is 12.1. The number of alkyl halides is 3. The molecule has 1 aromatic carbocycles. The lowest BCUT2D eigenvalue weighted by Gasteiger charge is -2.16. The van der Waals surface area contributed by atoms with Crippen molar-refractivity contribution in [1.29, 1.82) is 0 Å². The second-order valence-corrected chi connectivity index (χ2v) is 8.14. The van der Waals surface area contributed by atoms with E-state index in [2.05, 4.69) is 15.4 Å². The predicted octanol–water partition coefficient (Wildman–Crippen LogP) is 3.81. The van der Waals surface area contributed by atoms with Crippen molar-refractivity contribution in [2.45, 2.75) is 31.4 Å². The van der Waals surface area contributed by atoms with Gasteiger partial charge in [-0.25, -0.2) is 4.68 Å². The second-order valence-electron chi connectivity index (χ2n) is 8.14. The van der Waals surface area contributed by atoms with E-state index in [4.69, 9.17) is 0 Å². The lowest BCUT2D eigenvalue weighted by molar-refractivity contribution is -0.141. The Balaban J connectivity index is 1.30. The van der Waals surface area contributed by atoms with Gasteiger partial charge in [0.1, 0.15) is 0 Å². The molecule has 3 heterocycles. The maximum Gasteiger partial charge on any atom is 0.435 e. The number of benzene rings is 1. The van der Waals surface area contributed by atoms with Crippen molar-refractivity contribution >= 4 is 11.8 Å². The second kappa shape index (κ2) is 10.1. The molecule has 0 radical (unpaired) electrons. The van der Waals surface area contributed by atoms with Crippen LogP contribution in [0.4, 0.5) is 13.2 Å². The number of carbonyl (C=O) groups excluding carboxylic acids is 2. The van der Waals surface area contributed by atoms with Crippen molar-refractivity contribution in [1.82, 2.24) is 25.0 Å². The third-order valence-electron chi connectivity index (χ3n) is 5.80. The number of nitrogens with one attached hydrogen (secondary N) is 1. The predicted molar refractivity (Wildman–Crippen MR) is 118 cm³/mol. The molecule has 2 amide bonds. The van der Waals surface area contributed by atoms with Gasteiger partial charge in [0.2, 0.25) is 5.91 Å². The molecule has 3 aromatic rings. The summed E-state index contributed by atoms with van der Waals surface area (Å²) in [5.74, 6) is -0.660. The molecule has 1 unspecified atom stereocenters. The smallest absolute Gasteiger partial charge is 0.352 e. The maximum absolute atomic E-state index is 13.4. The summed E-state index contributed by atoms with van der Waals surface area (Å²) in [5, 5.41) is 6.06. The van der Waals surface area contributed by atoms with E-state index in [0.29, 0.717) is 25.2 Å². The molecular weight excluding hydrogens is 447 g/mol. The van der Waals surface area contributed by atoms with Crippen LogP contribution in [0.15, 0.2) is 61.1 Å². The van der Waals surface area contributed by atoms with E-state index < -0.39 is 23.3 Å².